The summed E-state index contributed by atoms with van der Waals surface area (Å²) in [4.78, 5) is 27.4. The van der Waals surface area contributed by atoms with Gasteiger partial charge in [0.05, 0.1) is 32.4 Å². The van der Waals surface area contributed by atoms with E-state index in [0.717, 1.165) is 0 Å². The Bertz CT molecular complexity index is 983. The predicted molar refractivity (Wildman–Crippen MR) is 113 cm³/mol. The van der Waals surface area contributed by atoms with Crippen molar-refractivity contribution in [3.63, 3.8) is 0 Å². The molecular formula is C23H25NO7. The van der Waals surface area contributed by atoms with Crippen molar-refractivity contribution in [1.29, 1.82) is 0 Å². The van der Waals surface area contributed by atoms with Crippen LogP contribution in [-0.2, 0) is 19.1 Å². The van der Waals surface area contributed by atoms with Crippen molar-refractivity contribution in [1.82, 2.24) is 4.90 Å². The zero-order valence-electron chi connectivity index (χ0n) is 17.8. The Morgan fingerprint density at radius 2 is 1.68 bits per heavy atom. The molecule has 0 radical (unpaired) electrons. The van der Waals surface area contributed by atoms with Crippen LogP contribution in [0.3, 0.4) is 0 Å². The summed E-state index contributed by atoms with van der Waals surface area (Å²) in [6, 6.07) is 12.7. The molecule has 1 saturated heterocycles. The summed E-state index contributed by atoms with van der Waals surface area (Å²) in [5.74, 6) is -0.907. The van der Waals surface area contributed by atoms with E-state index in [1.165, 1.54) is 33.3 Å². The van der Waals surface area contributed by atoms with Crippen molar-refractivity contribution in [2.45, 2.75) is 12.3 Å². The fourth-order valence-corrected chi connectivity index (χ4v) is 3.60. The molecule has 3 rings (SSSR count). The Hall–Kier alpha value is -3.36. The first-order valence-corrected chi connectivity index (χ1v) is 9.58. The third-order valence-electron chi connectivity index (χ3n) is 5.19. The van der Waals surface area contributed by atoms with Crippen LogP contribution in [0, 0.1) is 0 Å². The molecular weight excluding hydrogens is 402 g/mol. The molecule has 0 saturated carbocycles. The number of amides is 1. The van der Waals surface area contributed by atoms with E-state index in [0.29, 0.717) is 22.6 Å². The molecule has 0 aromatic heterocycles. The lowest BCUT2D eigenvalue weighted by molar-refractivity contribution is -0.149. The molecule has 2 aromatic carbocycles. The van der Waals surface area contributed by atoms with Crippen molar-refractivity contribution >= 4 is 17.4 Å². The Labute approximate surface area is 180 Å². The minimum atomic E-state index is -0.932. The molecule has 0 spiro atoms. The normalized spacial score (nSPS) is 18.0. The molecule has 1 atom stereocenters. The predicted octanol–water partition coefficient (Wildman–Crippen LogP) is 2.74. The average Bonchev–Trinajstić information content (AvgIpc) is 3.06. The fraction of sp³-hybridized carbons (Fsp3) is 0.304. The molecule has 0 aliphatic carbocycles. The number of methoxy groups -OCH3 is 4. The van der Waals surface area contributed by atoms with Crippen LogP contribution in [0.5, 0.6) is 11.5 Å². The highest BCUT2D eigenvalue weighted by molar-refractivity contribution is 6.46. The molecule has 8 heteroatoms. The van der Waals surface area contributed by atoms with Gasteiger partial charge in [-0.15, -0.1) is 0 Å². The lowest BCUT2D eigenvalue weighted by Gasteiger charge is -2.29. The molecule has 164 valence electrons. The number of hydrogen-bond donors (Lipinski definition) is 1. The van der Waals surface area contributed by atoms with Gasteiger partial charge in [-0.2, -0.15) is 0 Å². The molecule has 2 aromatic rings. The number of benzene rings is 2. The number of nitrogens with zero attached hydrogens (tertiary/aromatic N) is 1. The summed E-state index contributed by atoms with van der Waals surface area (Å²) in [6.45, 7) is -0.0336. The van der Waals surface area contributed by atoms with E-state index in [1.54, 1.807) is 48.5 Å². The van der Waals surface area contributed by atoms with E-state index in [4.69, 9.17) is 18.9 Å². The summed E-state index contributed by atoms with van der Waals surface area (Å²) in [6.07, 6.45) is -0.769. The number of Topliss-reactive ketones (excluding diaryl/α,β-unsaturated/α-hetero) is 1. The molecule has 0 bridgehead atoms. The first-order valence-electron chi connectivity index (χ1n) is 9.58. The highest BCUT2D eigenvalue weighted by Gasteiger charge is 2.48. The molecule has 1 aliphatic heterocycles. The number of ketones is 1. The summed E-state index contributed by atoms with van der Waals surface area (Å²) in [5.41, 5.74) is 0.862. The van der Waals surface area contributed by atoms with Crippen LogP contribution >= 0.6 is 0 Å². The standard InChI is InChI=1S/C23H25NO7/c1-28-15-10-11-17(29-2)16(12-15)20-19(21(25)14-8-6-5-7-9-14)22(26)23(27)24(20)13-18(30-3)31-4/h5-12,18,20,25H,13H2,1-4H3/t20-/m0/s1. The van der Waals surface area contributed by atoms with E-state index in [1.807, 2.05) is 0 Å². The SMILES string of the molecule is COc1ccc(OC)c([C@H]2C(=C(O)c3ccccc3)C(=O)C(=O)N2CC(OC)OC)c1. The van der Waals surface area contributed by atoms with Crippen LogP contribution in [0.15, 0.2) is 54.1 Å². The number of rotatable bonds is 8. The van der Waals surface area contributed by atoms with Crippen LogP contribution in [-0.4, -0.2) is 63.0 Å². The molecule has 1 N–H and O–H groups in total. The third kappa shape index (κ3) is 4.26. The van der Waals surface area contributed by atoms with Gasteiger partial charge in [0.15, 0.2) is 6.29 Å². The highest BCUT2D eigenvalue weighted by atomic mass is 16.7. The smallest absolute Gasteiger partial charge is 0.295 e. The number of hydrogen-bond acceptors (Lipinski definition) is 7. The Balaban J connectivity index is 2.25. The lowest BCUT2D eigenvalue weighted by Crippen LogP contribution is -2.38. The van der Waals surface area contributed by atoms with Crippen LogP contribution < -0.4 is 9.47 Å². The molecule has 1 amide bonds. The highest BCUT2D eigenvalue weighted by Crippen LogP contribution is 2.44. The number of carbonyl (C=O) groups is 2. The lowest BCUT2D eigenvalue weighted by atomic mass is 9.94. The largest absolute Gasteiger partial charge is 0.507 e. The maximum Gasteiger partial charge on any atom is 0.295 e. The zero-order chi connectivity index (χ0) is 22.5. The molecule has 0 unspecified atom stereocenters. The number of carbonyl (C=O) groups excluding carboxylic acids is 2. The van der Waals surface area contributed by atoms with Crippen LogP contribution in [0.2, 0.25) is 0 Å². The number of likely N-dealkylation sites (tertiary alicyclic amines) is 1. The summed E-state index contributed by atoms with van der Waals surface area (Å²) < 4.78 is 21.3. The van der Waals surface area contributed by atoms with E-state index in [2.05, 4.69) is 0 Å². The zero-order valence-corrected chi connectivity index (χ0v) is 17.8. The van der Waals surface area contributed by atoms with Crippen molar-refractivity contribution in [3.05, 3.63) is 65.2 Å². The van der Waals surface area contributed by atoms with Gasteiger partial charge in [-0.05, 0) is 18.2 Å². The maximum atomic E-state index is 13.1. The number of aliphatic hydroxyl groups excluding tert-OH is 1. The van der Waals surface area contributed by atoms with Gasteiger partial charge in [0.25, 0.3) is 11.7 Å². The van der Waals surface area contributed by atoms with Crippen molar-refractivity contribution < 1.29 is 33.6 Å². The second kappa shape index (κ2) is 9.63. The van der Waals surface area contributed by atoms with E-state index >= 15 is 0 Å². The van der Waals surface area contributed by atoms with E-state index < -0.39 is 24.0 Å². The second-order valence-electron chi connectivity index (χ2n) is 6.83. The summed E-state index contributed by atoms with van der Waals surface area (Å²) >= 11 is 0. The van der Waals surface area contributed by atoms with Crippen molar-refractivity contribution in [2.24, 2.45) is 0 Å². The Kier molecular flexibility index (Phi) is 6.94. The van der Waals surface area contributed by atoms with Crippen LogP contribution in [0.25, 0.3) is 5.76 Å². The third-order valence-corrected chi connectivity index (χ3v) is 5.19. The van der Waals surface area contributed by atoms with Gasteiger partial charge in [-0.1, -0.05) is 30.3 Å². The van der Waals surface area contributed by atoms with Crippen molar-refractivity contribution in [3.8, 4) is 11.5 Å². The molecule has 1 fully saturated rings. The van der Waals surface area contributed by atoms with Gasteiger partial charge in [0, 0.05) is 25.3 Å². The Morgan fingerprint density at radius 3 is 2.26 bits per heavy atom. The maximum absolute atomic E-state index is 13.1. The average molecular weight is 427 g/mol. The Morgan fingerprint density at radius 1 is 1.00 bits per heavy atom. The fourth-order valence-electron chi connectivity index (χ4n) is 3.60. The summed E-state index contributed by atoms with van der Waals surface area (Å²) in [7, 11) is 5.88. The minimum Gasteiger partial charge on any atom is -0.507 e. The monoisotopic (exact) mass is 427 g/mol. The second-order valence-corrected chi connectivity index (χ2v) is 6.83. The first kappa shape index (κ1) is 22.3. The van der Waals surface area contributed by atoms with Gasteiger partial charge in [-0.25, -0.2) is 0 Å². The molecule has 31 heavy (non-hydrogen) atoms. The van der Waals surface area contributed by atoms with Gasteiger partial charge in [0.2, 0.25) is 0 Å². The van der Waals surface area contributed by atoms with Gasteiger partial charge >= 0.3 is 0 Å². The minimum absolute atomic E-state index is 0.0336. The molecule has 8 nitrogen and oxygen atoms in total. The van der Waals surface area contributed by atoms with Crippen LogP contribution in [0.4, 0.5) is 0 Å². The first-order chi connectivity index (χ1) is 15.0. The number of ether oxygens (including phenoxy) is 4. The van der Waals surface area contributed by atoms with Gasteiger partial charge in [0.1, 0.15) is 17.3 Å². The van der Waals surface area contributed by atoms with Gasteiger partial charge < -0.3 is 29.0 Å². The number of aliphatic hydroxyl groups is 1. The topological polar surface area (TPSA) is 94.5 Å². The van der Waals surface area contributed by atoms with E-state index in [9.17, 15) is 14.7 Å². The molecule has 1 heterocycles. The van der Waals surface area contributed by atoms with Gasteiger partial charge in [-0.3, -0.25) is 9.59 Å². The summed E-state index contributed by atoms with van der Waals surface area (Å²) in [5, 5.41) is 11.0. The van der Waals surface area contributed by atoms with Crippen molar-refractivity contribution in [2.75, 3.05) is 35.0 Å². The quantitative estimate of drug-likeness (QED) is 0.300. The van der Waals surface area contributed by atoms with Crippen LogP contribution in [0.1, 0.15) is 17.2 Å². The molecule has 1 aliphatic rings. The van der Waals surface area contributed by atoms with E-state index in [-0.39, 0.29) is 17.9 Å².